The van der Waals surface area contributed by atoms with E-state index in [-0.39, 0.29) is 25.7 Å². The van der Waals surface area contributed by atoms with Crippen LogP contribution in [-0.2, 0) is 65.4 Å². The number of ether oxygens (including phenoxy) is 4. The van der Waals surface area contributed by atoms with Gasteiger partial charge in [0.1, 0.15) is 19.3 Å². The number of carbonyl (C=O) groups is 4. The van der Waals surface area contributed by atoms with Crippen LogP contribution in [0.4, 0.5) is 0 Å². The predicted molar refractivity (Wildman–Crippen MR) is 372 cm³/mol. The number of carbonyl (C=O) groups excluding carboxylic acids is 4. The molecule has 0 heterocycles. The van der Waals surface area contributed by atoms with Crippen molar-refractivity contribution in [2.45, 2.75) is 382 Å². The van der Waals surface area contributed by atoms with E-state index in [1.165, 1.54) is 154 Å². The third-order valence-corrected chi connectivity index (χ3v) is 18.7. The average molecular weight is 1350 g/mol. The lowest BCUT2D eigenvalue weighted by molar-refractivity contribution is -0.161. The number of esters is 4. The fourth-order valence-electron chi connectivity index (χ4n) is 11.0. The Balaban J connectivity index is 5.15. The van der Waals surface area contributed by atoms with E-state index in [0.29, 0.717) is 37.5 Å². The Hall–Kier alpha value is -1.94. The van der Waals surface area contributed by atoms with Crippen molar-refractivity contribution in [2.75, 3.05) is 39.6 Å². The van der Waals surface area contributed by atoms with Crippen molar-refractivity contribution in [3.8, 4) is 0 Å². The van der Waals surface area contributed by atoms with Crippen LogP contribution in [0.3, 0.4) is 0 Å². The second-order valence-corrected chi connectivity index (χ2v) is 31.1. The lowest BCUT2D eigenvalue weighted by Gasteiger charge is -2.21. The smallest absolute Gasteiger partial charge is 0.462 e. The summed E-state index contributed by atoms with van der Waals surface area (Å²) < 4.78 is 68.3. The van der Waals surface area contributed by atoms with Gasteiger partial charge in [0.05, 0.1) is 26.4 Å². The van der Waals surface area contributed by atoms with E-state index in [1.54, 1.807) is 0 Å². The van der Waals surface area contributed by atoms with E-state index < -0.39 is 97.5 Å². The minimum absolute atomic E-state index is 0.104. The Morgan fingerprint density at radius 2 is 0.457 bits per heavy atom. The zero-order valence-corrected chi connectivity index (χ0v) is 62.0. The maximum atomic E-state index is 13.0. The van der Waals surface area contributed by atoms with Crippen LogP contribution in [0.15, 0.2) is 0 Å². The molecule has 17 nitrogen and oxygen atoms in total. The standard InChI is InChI=1S/C73H142O17P2/c1-63(2)49-41-33-25-20-17-15-13-11-9-10-12-14-16-18-22-28-39-47-55-72(77)90-69(60-84-71(76)54-46-38-32-31-36-44-52-66(7)8)62-88-92(81,82)86-58-67(74)57-85-91(79,80)87-61-68(59-83-70(75)53-45-37-30-24-27-35-43-51-65(5)6)89-73(78)56-48-40-29-23-19-21-26-34-42-50-64(3)4/h63-69,74H,9-62H2,1-8H3,(H,79,80)(H,81,82)/t67?,68-,69-/m1/s1. The van der Waals surface area contributed by atoms with Crippen molar-refractivity contribution < 1.29 is 80.2 Å². The van der Waals surface area contributed by atoms with Crippen molar-refractivity contribution in [1.82, 2.24) is 0 Å². The fourth-order valence-corrected chi connectivity index (χ4v) is 12.6. The summed E-state index contributed by atoms with van der Waals surface area (Å²) in [4.78, 5) is 72.5. The molecule has 0 aliphatic carbocycles. The van der Waals surface area contributed by atoms with Gasteiger partial charge in [-0.15, -0.1) is 0 Å². The number of aliphatic hydroxyl groups is 1. The van der Waals surface area contributed by atoms with Crippen molar-refractivity contribution in [1.29, 1.82) is 0 Å². The van der Waals surface area contributed by atoms with Gasteiger partial charge in [0, 0.05) is 25.7 Å². The Kier molecular flexibility index (Phi) is 61.3. The first-order valence-electron chi connectivity index (χ1n) is 37.7. The third kappa shape index (κ3) is 66.7. The van der Waals surface area contributed by atoms with Crippen molar-refractivity contribution in [3.05, 3.63) is 0 Å². The molecule has 0 aromatic rings. The molecule has 5 atom stereocenters. The molecular formula is C73H142O17P2. The molecule has 0 saturated carbocycles. The Labute approximate surface area is 562 Å². The first-order valence-corrected chi connectivity index (χ1v) is 40.7. The maximum Gasteiger partial charge on any atom is 0.472 e. The van der Waals surface area contributed by atoms with Gasteiger partial charge in [-0.2, -0.15) is 0 Å². The van der Waals surface area contributed by atoms with E-state index >= 15 is 0 Å². The monoisotopic (exact) mass is 1350 g/mol. The Bertz CT molecular complexity index is 1820. The molecule has 0 bridgehead atoms. The third-order valence-electron chi connectivity index (χ3n) is 16.8. The van der Waals surface area contributed by atoms with Crippen LogP contribution >= 0.6 is 15.6 Å². The molecule has 0 spiro atoms. The first kappa shape index (κ1) is 90.1. The number of hydrogen-bond donors (Lipinski definition) is 3. The molecule has 19 heteroatoms. The van der Waals surface area contributed by atoms with Gasteiger partial charge >= 0.3 is 39.5 Å². The molecule has 3 N–H and O–H groups in total. The van der Waals surface area contributed by atoms with E-state index in [9.17, 15) is 43.2 Å². The van der Waals surface area contributed by atoms with Crippen LogP contribution in [0.1, 0.15) is 364 Å². The van der Waals surface area contributed by atoms with Crippen LogP contribution in [0.25, 0.3) is 0 Å². The van der Waals surface area contributed by atoms with Crippen LogP contribution in [0, 0.1) is 23.7 Å². The molecular weight excluding hydrogens is 1210 g/mol. The average Bonchev–Trinajstić information content (AvgIpc) is 2.40. The molecule has 0 saturated heterocycles. The van der Waals surface area contributed by atoms with Crippen LogP contribution < -0.4 is 0 Å². The molecule has 0 aliphatic rings. The number of phosphoric acid groups is 2. The number of phosphoric ester groups is 2. The molecule has 0 rings (SSSR count). The minimum atomic E-state index is -4.95. The number of unbranched alkanes of at least 4 members (excludes halogenated alkanes) is 36. The molecule has 0 aromatic heterocycles. The number of aliphatic hydroxyl groups excluding tert-OH is 1. The number of hydrogen-bond acceptors (Lipinski definition) is 15. The first-order chi connectivity index (χ1) is 44.1. The van der Waals surface area contributed by atoms with Gasteiger partial charge in [-0.25, -0.2) is 9.13 Å². The Morgan fingerprint density at radius 1 is 0.272 bits per heavy atom. The van der Waals surface area contributed by atoms with Gasteiger partial charge in [-0.1, -0.05) is 312 Å². The summed E-state index contributed by atoms with van der Waals surface area (Å²) in [5.41, 5.74) is 0. The van der Waals surface area contributed by atoms with Gasteiger partial charge in [-0.3, -0.25) is 37.3 Å². The SMILES string of the molecule is CC(C)CCCCCCCCCCCCCCCCCCCCC(=O)O[C@H](COC(=O)CCCCCCCCC(C)C)COP(=O)(O)OCC(O)COP(=O)(O)OC[C@@H](COC(=O)CCCCCCCCCC(C)C)OC(=O)CCCCCCCCCCCC(C)C. The lowest BCUT2D eigenvalue weighted by atomic mass is 10.0. The molecule has 0 fully saturated rings. The molecule has 0 amide bonds. The van der Waals surface area contributed by atoms with E-state index in [4.69, 9.17) is 37.0 Å². The number of rotatable bonds is 70. The molecule has 92 heavy (non-hydrogen) atoms. The molecule has 0 radical (unpaired) electrons. The summed E-state index contributed by atoms with van der Waals surface area (Å²) in [6.45, 7) is 14.0. The topological polar surface area (TPSA) is 237 Å². The second-order valence-electron chi connectivity index (χ2n) is 28.2. The largest absolute Gasteiger partial charge is 0.472 e. The summed E-state index contributed by atoms with van der Waals surface area (Å²) >= 11 is 0. The van der Waals surface area contributed by atoms with Gasteiger partial charge < -0.3 is 33.8 Å². The van der Waals surface area contributed by atoms with E-state index in [1.807, 2.05) is 0 Å². The normalized spacial score (nSPS) is 14.2. The highest BCUT2D eigenvalue weighted by Gasteiger charge is 2.30. The van der Waals surface area contributed by atoms with E-state index in [0.717, 1.165) is 115 Å². The summed E-state index contributed by atoms with van der Waals surface area (Å²) in [6, 6.07) is 0. The highest BCUT2D eigenvalue weighted by Crippen LogP contribution is 2.45. The summed E-state index contributed by atoms with van der Waals surface area (Å²) in [5, 5.41) is 10.6. The van der Waals surface area contributed by atoms with Crippen LogP contribution in [0.5, 0.6) is 0 Å². The van der Waals surface area contributed by atoms with Gasteiger partial charge in [0.15, 0.2) is 12.2 Å². The molecule has 3 unspecified atom stereocenters. The van der Waals surface area contributed by atoms with Crippen molar-refractivity contribution >= 4 is 39.5 Å². The maximum absolute atomic E-state index is 13.0. The summed E-state index contributed by atoms with van der Waals surface area (Å²) in [7, 11) is -9.90. The highest BCUT2D eigenvalue weighted by atomic mass is 31.2. The predicted octanol–water partition coefficient (Wildman–Crippen LogP) is 20.9. The zero-order valence-electron chi connectivity index (χ0n) is 60.2. The van der Waals surface area contributed by atoms with Gasteiger partial charge in [0.2, 0.25) is 0 Å². The van der Waals surface area contributed by atoms with Gasteiger partial charge in [0.25, 0.3) is 0 Å². The van der Waals surface area contributed by atoms with Crippen molar-refractivity contribution in [2.24, 2.45) is 23.7 Å². The molecule has 0 aromatic carbocycles. The fraction of sp³-hybridized carbons (Fsp3) is 0.945. The second kappa shape index (κ2) is 62.6. The van der Waals surface area contributed by atoms with Crippen LogP contribution in [-0.4, -0.2) is 96.7 Å². The lowest BCUT2D eigenvalue weighted by Crippen LogP contribution is -2.30. The summed E-state index contributed by atoms with van der Waals surface area (Å²) in [6.07, 6.45) is 46.2. The quantitative estimate of drug-likeness (QED) is 0.0222. The molecule has 0 aliphatic heterocycles. The highest BCUT2D eigenvalue weighted by molar-refractivity contribution is 7.47. The zero-order chi connectivity index (χ0) is 68.2. The molecule has 546 valence electrons. The van der Waals surface area contributed by atoms with Crippen molar-refractivity contribution in [3.63, 3.8) is 0 Å². The minimum Gasteiger partial charge on any atom is -0.462 e. The van der Waals surface area contributed by atoms with E-state index in [2.05, 4.69) is 55.4 Å². The van der Waals surface area contributed by atoms with Crippen LogP contribution in [0.2, 0.25) is 0 Å². The summed E-state index contributed by atoms with van der Waals surface area (Å²) in [5.74, 6) is 0.811. The van der Waals surface area contributed by atoms with Gasteiger partial charge in [-0.05, 0) is 49.4 Å². The Morgan fingerprint density at radius 3 is 0.674 bits per heavy atom.